The fourth-order valence-corrected chi connectivity index (χ4v) is 1.59. The van der Waals surface area contributed by atoms with E-state index in [0.717, 1.165) is 12.8 Å². The number of nitrogens with two attached hydrogens (primary N) is 1. The molecule has 0 radical (unpaired) electrons. The van der Waals surface area contributed by atoms with E-state index in [1.807, 2.05) is 18.2 Å². The van der Waals surface area contributed by atoms with Gasteiger partial charge < -0.3 is 11.1 Å². The molecule has 0 bridgehead atoms. The van der Waals surface area contributed by atoms with Crippen LogP contribution in [0.15, 0.2) is 30.3 Å². The van der Waals surface area contributed by atoms with Crippen LogP contribution in [-0.4, -0.2) is 24.3 Å². The van der Waals surface area contributed by atoms with Gasteiger partial charge in [-0.25, -0.2) is 0 Å². The number of ketones is 1. The lowest BCUT2D eigenvalue weighted by molar-refractivity contribution is -0.118. The van der Waals surface area contributed by atoms with E-state index in [2.05, 4.69) is 5.32 Å². The fraction of sp³-hybridized carbons (Fsp3) is 0.429. The predicted octanol–water partition coefficient (Wildman–Crippen LogP) is 1.50. The van der Waals surface area contributed by atoms with Gasteiger partial charge in [-0.1, -0.05) is 18.2 Å². The van der Waals surface area contributed by atoms with Crippen LogP contribution in [-0.2, 0) is 4.79 Å². The first-order valence-electron chi connectivity index (χ1n) is 6.20. The molecule has 1 atom stereocenters. The molecule has 98 valence electrons. The van der Waals surface area contributed by atoms with E-state index in [0.29, 0.717) is 18.5 Å². The Morgan fingerprint density at radius 1 is 1.22 bits per heavy atom. The van der Waals surface area contributed by atoms with Gasteiger partial charge in [0.2, 0.25) is 0 Å². The zero-order chi connectivity index (χ0) is 13.4. The fourth-order valence-electron chi connectivity index (χ4n) is 1.59. The normalized spacial score (nSPS) is 11.9. The van der Waals surface area contributed by atoms with Crippen LogP contribution in [0.25, 0.3) is 0 Å². The number of rotatable bonds is 7. The second-order valence-corrected chi connectivity index (χ2v) is 4.33. The van der Waals surface area contributed by atoms with Crippen molar-refractivity contribution < 1.29 is 9.59 Å². The summed E-state index contributed by atoms with van der Waals surface area (Å²) < 4.78 is 0. The van der Waals surface area contributed by atoms with E-state index < -0.39 is 0 Å². The number of benzene rings is 1. The Labute approximate surface area is 108 Å². The average molecular weight is 248 g/mol. The van der Waals surface area contributed by atoms with Crippen molar-refractivity contribution in [1.82, 2.24) is 5.32 Å². The minimum Gasteiger partial charge on any atom is -0.352 e. The molecule has 1 rings (SSSR count). The Morgan fingerprint density at radius 3 is 2.50 bits per heavy atom. The maximum Gasteiger partial charge on any atom is 0.251 e. The highest BCUT2D eigenvalue weighted by Gasteiger charge is 2.07. The first kappa shape index (κ1) is 14.4. The molecule has 1 unspecified atom stereocenters. The molecule has 0 fully saturated rings. The molecule has 4 nitrogen and oxygen atoms in total. The second-order valence-electron chi connectivity index (χ2n) is 4.33. The molecule has 1 aromatic rings. The van der Waals surface area contributed by atoms with E-state index >= 15 is 0 Å². The highest BCUT2D eigenvalue weighted by Crippen LogP contribution is 2.01. The van der Waals surface area contributed by atoms with Crippen molar-refractivity contribution in [2.24, 2.45) is 5.73 Å². The second kappa shape index (κ2) is 7.61. The molecule has 0 saturated carbocycles. The number of carbonyl (C=O) groups excluding carboxylic acids is 2. The lowest BCUT2D eigenvalue weighted by atomic mass is 10.1. The number of amides is 1. The van der Waals surface area contributed by atoms with Gasteiger partial charge in [-0.05, 0) is 38.3 Å². The molecular formula is C14H20N2O2. The van der Waals surface area contributed by atoms with Crippen molar-refractivity contribution >= 4 is 11.7 Å². The summed E-state index contributed by atoms with van der Waals surface area (Å²) in [5, 5.41) is 2.84. The summed E-state index contributed by atoms with van der Waals surface area (Å²) in [7, 11) is 0. The maximum atomic E-state index is 11.7. The molecule has 0 spiro atoms. The number of hydrogen-bond donors (Lipinski definition) is 2. The van der Waals surface area contributed by atoms with E-state index in [1.54, 1.807) is 12.1 Å². The van der Waals surface area contributed by atoms with Gasteiger partial charge in [-0.2, -0.15) is 0 Å². The maximum absolute atomic E-state index is 11.7. The molecule has 1 aromatic carbocycles. The molecule has 4 heteroatoms. The molecule has 3 N–H and O–H groups in total. The lowest BCUT2D eigenvalue weighted by Gasteiger charge is -2.08. The predicted molar refractivity (Wildman–Crippen MR) is 71.3 cm³/mol. The minimum atomic E-state index is -0.366. The van der Waals surface area contributed by atoms with Gasteiger partial charge in [0.15, 0.2) is 0 Å². The third-order valence-corrected chi connectivity index (χ3v) is 2.79. The van der Waals surface area contributed by atoms with E-state index in [9.17, 15) is 9.59 Å². The van der Waals surface area contributed by atoms with Crippen molar-refractivity contribution in [1.29, 1.82) is 0 Å². The summed E-state index contributed by atoms with van der Waals surface area (Å²) in [5.74, 6) is -0.0465. The zero-order valence-electron chi connectivity index (χ0n) is 10.7. The Kier molecular flexibility index (Phi) is 6.08. The van der Waals surface area contributed by atoms with Crippen LogP contribution >= 0.6 is 0 Å². The largest absolute Gasteiger partial charge is 0.352 e. The summed E-state index contributed by atoms with van der Waals surface area (Å²) in [6.07, 6.45) is 2.35. The van der Waals surface area contributed by atoms with Crippen LogP contribution < -0.4 is 11.1 Å². The standard InChI is InChI=1S/C14H20N2O2/c1-11(17)13(15)9-5-6-10-16-14(18)12-7-3-2-4-8-12/h2-4,7-8,13H,5-6,9-10,15H2,1H3,(H,16,18). The SMILES string of the molecule is CC(=O)C(N)CCCCNC(=O)c1ccccc1. The molecule has 0 aromatic heterocycles. The van der Waals surface area contributed by atoms with Crippen LogP contribution in [0, 0.1) is 0 Å². The third kappa shape index (κ3) is 5.10. The molecule has 18 heavy (non-hydrogen) atoms. The number of nitrogens with one attached hydrogen (secondary N) is 1. The summed E-state index contributed by atoms with van der Waals surface area (Å²) in [5.41, 5.74) is 6.28. The highest BCUT2D eigenvalue weighted by molar-refractivity contribution is 5.94. The van der Waals surface area contributed by atoms with Crippen molar-refractivity contribution in [2.45, 2.75) is 32.2 Å². The zero-order valence-corrected chi connectivity index (χ0v) is 10.7. The molecule has 0 saturated heterocycles. The first-order valence-corrected chi connectivity index (χ1v) is 6.20. The van der Waals surface area contributed by atoms with Gasteiger partial charge >= 0.3 is 0 Å². The van der Waals surface area contributed by atoms with Crippen LogP contribution in [0.5, 0.6) is 0 Å². The van der Waals surface area contributed by atoms with Crippen molar-refractivity contribution in [3.8, 4) is 0 Å². The molecule has 0 aliphatic heterocycles. The summed E-state index contributed by atoms with van der Waals surface area (Å²) >= 11 is 0. The Morgan fingerprint density at radius 2 is 1.89 bits per heavy atom. The molecular weight excluding hydrogens is 228 g/mol. The van der Waals surface area contributed by atoms with E-state index in [-0.39, 0.29) is 17.7 Å². The van der Waals surface area contributed by atoms with Crippen molar-refractivity contribution in [3.63, 3.8) is 0 Å². The summed E-state index contributed by atoms with van der Waals surface area (Å²) in [6.45, 7) is 2.11. The molecule has 0 aliphatic rings. The number of carbonyl (C=O) groups is 2. The minimum absolute atomic E-state index is 0.0170. The number of unbranched alkanes of at least 4 members (excludes halogenated alkanes) is 1. The topological polar surface area (TPSA) is 72.2 Å². The van der Waals surface area contributed by atoms with E-state index in [4.69, 9.17) is 5.73 Å². The van der Waals surface area contributed by atoms with Gasteiger partial charge in [0, 0.05) is 12.1 Å². The van der Waals surface area contributed by atoms with Crippen LogP contribution in [0.4, 0.5) is 0 Å². The smallest absolute Gasteiger partial charge is 0.251 e. The quantitative estimate of drug-likeness (QED) is 0.718. The van der Waals surface area contributed by atoms with Crippen LogP contribution in [0.3, 0.4) is 0 Å². The van der Waals surface area contributed by atoms with Gasteiger partial charge in [-0.15, -0.1) is 0 Å². The van der Waals surface area contributed by atoms with Crippen LogP contribution in [0.2, 0.25) is 0 Å². The number of hydrogen-bond acceptors (Lipinski definition) is 3. The highest BCUT2D eigenvalue weighted by atomic mass is 16.1. The monoisotopic (exact) mass is 248 g/mol. The first-order chi connectivity index (χ1) is 8.61. The van der Waals surface area contributed by atoms with Gasteiger partial charge in [0.25, 0.3) is 5.91 Å². The molecule has 0 heterocycles. The average Bonchev–Trinajstić information content (AvgIpc) is 2.38. The van der Waals surface area contributed by atoms with Gasteiger partial charge in [-0.3, -0.25) is 9.59 Å². The van der Waals surface area contributed by atoms with Crippen molar-refractivity contribution in [2.75, 3.05) is 6.54 Å². The van der Waals surface area contributed by atoms with Gasteiger partial charge in [0.1, 0.15) is 5.78 Å². The summed E-state index contributed by atoms with van der Waals surface area (Å²) in [4.78, 5) is 22.6. The molecule has 1 amide bonds. The third-order valence-electron chi connectivity index (χ3n) is 2.79. The summed E-state index contributed by atoms with van der Waals surface area (Å²) in [6, 6.07) is 8.73. The Bertz CT molecular complexity index is 390. The Hall–Kier alpha value is -1.68. The van der Waals surface area contributed by atoms with E-state index in [1.165, 1.54) is 6.92 Å². The number of Topliss-reactive ketones (excluding diaryl/α,β-unsaturated/α-hetero) is 1. The lowest BCUT2D eigenvalue weighted by Crippen LogP contribution is -2.29. The van der Waals surface area contributed by atoms with Crippen molar-refractivity contribution in [3.05, 3.63) is 35.9 Å². The van der Waals surface area contributed by atoms with Crippen LogP contribution in [0.1, 0.15) is 36.5 Å². The van der Waals surface area contributed by atoms with Gasteiger partial charge in [0.05, 0.1) is 6.04 Å². The molecule has 0 aliphatic carbocycles. The Balaban J connectivity index is 2.15.